The highest BCUT2D eigenvalue weighted by Crippen LogP contribution is 2.34. The first-order valence-electron chi connectivity index (χ1n) is 7.29. The maximum Gasteiger partial charge on any atom is 0.294 e. The number of sulfonamides is 1. The fourth-order valence-corrected chi connectivity index (χ4v) is 3.35. The zero-order valence-corrected chi connectivity index (χ0v) is 14.4. The Balaban J connectivity index is 2.52. The predicted molar refractivity (Wildman–Crippen MR) is 93.6 cm³/mol. The van der Waals surface area contributed by atoms with Gasteiger partial charge in [0.2, 0.25) is 0 Å². The molecule has 0 amide bonds. The Morgan fingerprint density at radius 2 is 1.75 bits per heavy atom. The van der Waals surface area contributed by atoms with Crippen molar-refractivity contribution in [2.45, 2.75) is 31.6 Å². The summed E-state index contributed by atoms with van der Waals surface area (Å²) in [6.07, 6.45) is 0. The first-order chi connectivity index (χ1) is 11.1. The van der Waals surface area contributed by atoms with Crippen molar-refractivity contribution in [1.29, 1.82) is 0 Å². The van der Waals surface area contributed by atoms with Crippen molar-refractivity contribution in [3.8, 4) is 0 Å². The molecule has 2 rings (SSSR count). The van der Waals surface area contributed by atoms with Crippen LogP contribution in [0.3, 0.4) is 0 Å². The quantitative estimate of drug-likeness (QED) is 0.487. The first kappa shape index (κ1) is 17.7. The van der Waals surface area contributed by atoms with Crippen LogP contribution in [0, 0.1) is 17.0 Å². The largest absolute Gasteiger partial charge is 0.393 e. The van der Waals surface area contributed by atoms with Gasteiger partial charge in [-0.3, -0.25) is 14.8 Å². The minimum Gasteiger partial charge on any atom is -0.393 e. The number of nitrogens with zero attached hydrogens (tertiary/aromatic N) is 1. The molecule has 0 spiro atoms. The van der Waals surface area contributed by atoms with Crippen molar-refractivity contribution in [3.05, 3.63) is 57.6 Å². The third kappa shape index (κ3) is 3.65. The number of nitro benzene ring substituents is 1. The summed E-state index contributed by atoms with van der Waals surface area (Å²) in [5, 5.41) is 11.1. The van der Waals surface area contributed by atoms with E-state index in [4.69, 9.17) is 5.73 Å². The summed E-state index contributed by atoms with van der Waals surface area (Å²) < 4.78 is 27.5. The van der Waals surface area contributed by atoms with Crippen molar-refractivity contribution < 1.29 is 13.3 Å². The number of rotatable bonds is 5. The van der Waals surface area contributed by atoms with Crippen LogP contribution in [0.25, 0.3) is 0 Å². The number of hydrogen-bond donors (Lipinski definition) is 2. The third-order valence-corrected chi connectivity index (χ3v) is 4.97. The molecule has 24 heavy (non-hydrogen) atoms. The van der Waals surface area contributed by atoms with Gasteiger partial charge in [0.25, 0.3) is 15.7 Å². The molecule has 2 aromatic rings. The Bertz CT molecular complexity index is 875. The molecular formula is C16H19N3O4S. The van der Waals surface area contributed by atoms with E-state index in [1.807, 2.05) is 20.8 Å². The number of aryl methyl sites for hydroxylation is 1. The fourth-order valence-electron chi connectivity index (χ4n) is 2.27. The average Bonchev–Trinajstić information content (AvgIpc) is 2.48. The molecule has 0 atom stereocenters. The highest BCUT2D eigenvalue weighted by molar-refractivity contribution is 7.92. The van der Waals surface area contributed by atoms with E-state index in [0.717, 1.165) is 11.6 Å². The first-order valence-corrected chi connectivity index (χ1v) is 8.77. The minimum atomic E-state index is -3.85. The lowest BCUT2D eigenvalue weighted by atomic mass is 10.00. The minimum absolute atomic E-state index is 0.00184. The van der Waals surface area contributed by atoms with Crippen LogP contribution in [0.4, 0.5) is 17.1 Å². The van der Waals surface area contributed by atoms with Gasteiger partial charge in [0.05, 0.1) is 15.5 Å². The Morgan fingerprint density at radius 1 is 1.17 bits per heavy atom. The maximum absolute atomic E-state index is 12.5. The summed E-state index contributed by atoms with van der Waals surface area (Å²) in [5.74, 6) is -0.0659. The summed E-state index contributed by atoms with van der Waals surface area (Å²) in [5.41, 5.74) is 7.05. The van der Waals surface area contributed by atoms with Crippen molar-refractivity contribution in [2.24, 2.45) is 0 Å². The molecular weight excluding hydrogens is 330 g/mol. The molecule has 0 aromatic heterocycles. The Labute approximate surface area is 140 Å². The van der Waals surface area contributed by atoms with Crippen LogP contribution in [0.5, 0.6) is 0 Å². The van der Waals surface area contributed by atoms with E-state index < -0.39 is 14.9 Å². The molecule has 0 saturated carbocycles. The van der Waals surface area contributed by atoms with Crippen LogP contribution in [-0.4, -0.2) is 13.3 Å². The number of anilines is 2. The molecule has 0 aliphatic rings. The molecule has 3 N–H and O–H groups in total. The van der Waals surface area contributed by atoms with E-state index >= 15 is 0 Å². The van der Waals surface area contributed by atoms with Gasteiger partial charge < -0.3 is 5.73 Å². The second-order valence-corrected chi connectivity index (χ2v) is 7.51. The molecule has 0 aliphatic heterocycles. The van der Waals surface area contributed by atoms with Crippen LogP contribution in [0.15, 0.2) is 41.3 Å². The van der Waals surface area contributed by atoms with Crippen molar-refractivity contribution in [2.75, 3.05) is 10.5 Å². The summed E-state index contributed by atoms with van der Waals surface area (Å²) in [7, 11) is -3.85. The highest BCUT2D eigenvalue weighted by atomic mass is 32.2. The van der Waals surface area contributed by atoms with E-state index in [1.165, 1.54) is 18.2 Å². The molecule has 7 nitrogen and oxygen atoms in total. The van der Waals surface area contributed by atoms with Gasteiger partial charge in [-0.05, 0) is 36.6 Å². The normalized spacial score (nSPS) is 11.5. The standard InChI is InChI=1S/C16H19N3O4S/c1-10(2)13-8-14(17)16(19(20)21)9-15(13)18-24(22,23)12-6-4-11(3)5-7-12/h4-10,18H,17H2,1-3H3. The van der Waals surface area contributed by atoms with E-state index in [1.54, 1.807) is 12.1 Å². The number of benzene rings is 2. The van der Waals surface area contributed by atoms with Crippen LogP contribution < -0.4 is 10.5 Å². The summed E-state index contributed by atoms with van der Waals surface area (Å²) in [6, 6.07) is 8.94. The zero-order chi connectivity index (χ0) is 18.1. The molecule has 0 aliphatic carbocycles. The van der Waals surface area contributed by atoms with E-state index in [2.05, 4.69) is 4.72 Å². The maximum atomic E-state index is 12.5. The number of nitrogen functional groups attached to an aromatic ring is 1. The van der Waals surface area contributed by atoms with Gasteiger partial charge in [0, 0.05) is 6.07 Å². The van der Waals surface area contributed by atoms with Crippen molar-refractivity contribution >= 4 is 27.1 Å². The van der Waals surface area contributed by atoms with Gasteiger partial charge in [-0.15, -0.1) is 0 Å². The van der Waals surface area contributed by atoms with Gasteiger partial charge in [-0.2, -0.15) is 0 Å². The van der Waals surface area contributed by atoms with Crippen LogP contribution >= 0.6 is 0 Å². The van der Waals surface area contributed by atoms with Crippen LogP contribution in [0.1, 0.15) is 30.9 Å². The topological polar surface area (TPSA) is 115 Å². The van der Waals surface area contributed by atoms with Gasteiger partial charge in [0.1, 0.15) is 5.69 Å². The summed E-state index contributed by atoms with van der Waals surface area (Å²) in [6.45, 7) is 5.55. The molecule has 8 heteroatoms. The summed E-state index contributed by atoms with van der Waals surface area (Å²) in [4.78, 5) is 10.5. The molecule has 0 saturated heterocycles. The summed E-state index contributed by atoms with van der Waals surface area (Å²) >= 11 is 0. The second kappa shape index (κ2) is 6.48. The number of nitro groups is 1. The monoisotopic (exact) mass is 349 g/mol. The van der Waals surface area contributed by atoms with Crippen molar-refractivity contribution in [3.63, 3.8) is 0 Å². The van der Waals surface area contributed by atoms with Gasteiger partial charge >= 0.3 is 0 Å². The van der Waals surface area contributed by atoms with Crippen LogP contribution in [-0.2, 0) is 10.0 Å². The lowest BCUT2D eigenvalue weighted by Gasteiger charge is -2.16. The zero-order valence-electron chi connectivity index (χ0n) is 13.6. The van der Waals surface area contributed by atoms with Crippen LogP contribution in [0.2, 0.25) is 0 Å². The molecule has 0 radical (unpaired) electrons. The van der Waals surface area contributed by atoms with E-state index in [9.17, 15) is 18.5 Å². The third-order valence-electron chi connectivity index (χ3n) is 3.59. The Hall–Kier alpha value is -2.61. The fraction of sp³-hybridized carbons (Fsp3) is 0.250. The molecule has 0 bridgehead atoms. The number of nitrogens with one attached hydrogen (secondary N) is 1. The SMILES string of the molecule is Cc1ccc(S(=O)(=O)Nc2cc([N+](=O)[O-])c(N)cc2C(C)C)cc1. The molecule has 0 heterocycles. The average molecular weight is 349 g/mol. The number of nitrogens with two attached hydrogens (primary N) is 1. The smallest absolute Gasteiger partial charge is 0.294 e. The second-order valence-electron chi connectivity index (χ2n) is 5.83. The van der Waals surface area contributed by atoms with Gasteiger partial charge in [0.15, 0.2) is 0 Å². The van der Waals surface area contributed by atoms with Gasteiger partial charge in [-0.1, -0.05) is 31.5 Å². The van der Waals surface area contributed by atoms with Gasteiger partial charge in [-0.25, -0.2) is 8.42 Å². The lowest BCUT2D eigenvalue weighted by Crippen LogP contribution is -2.15. The molecule has 0 unspecified atom stereocenters. The highest BCUT2D eigenvalue weighted by Gasteiger charge is 2.22. The molecule has 0 fully saturated rings. The van der Waals surface area contributed by atoms with Crippen molar-refractivity contribution in [1.82, 2.24) is 0 Å². The molecule has 2 aromatic carbocycles. The Morgan fingerprint density at radius 3 is 2.25 bits per heavy atom. The number of hydrogen-bond acceptors (Lipinski definition) is 5. The Kier molecular flexibility index (Phi) is 4.79. The van der Waals surface area contributed by atoms with E-state index in [0.29, 0.717) is 5.56 Å². The predicted octanol–water partition coefficient (Wildman–Crippen LogP) is 3.41. The molecule has 128 valence electrons. The van der Waals surface area contributed by atoms with E-state index in [-0.39, 0.29) is 27.9 Å². The lowest BCUT2D eigenvalue weighted by molar-refractivity contribution is -0.383.